The molecule has 34 heavy (non-hydrogen) atoms. The van der Waals surface area contributed by atoms with Gasteiger partial charge in [-0.05, 0) is 74.5 Å². The van der Waals surface area contributed by atoms with E-state index in [0.29, 0.717) is 17.6 Å². The monoisotopic (exact) mass is 474 g/mol. The maximum absolute atomic E-state index is 14.3. The highest BCUT2D eigenvalue weighted by Crippen LogP contribution is 2.56. The first-order valence-corrected chi connectivity index (χ1v) is 12.3. The molecule has 1 aromatic carbocycles. The molecule has 1 saturated heterocycles. The van der Waals surface area contributed by atoms with E-state index < -0.39 is 5.54 Å². The standard InChI is InChI=1S/C27H30N4O2S/c1-18(33-3)10-11-26(2)13-22-9-8-20(7-6-19-4-5-19)12-23(22)27(26)24(32)31(25(34)30-27)16-21-14-28-17-29-15-21/h8-9,12,14-15,17-19H,4-5,10-11,13,16H2,1-3H3,(H,30,34). The van der Waals surface area contributed by atoms with Crippen LogP contribution in [-0.4, -0.2) is 39.1 Å². The van der Waals surface area contributed by atoms with Gasteiger partial charge in [-0.2, -0.15) is 0 Å². The van der Waals surface area contributed by atoms with Gasteiger partial charge in [0, 0.05) is 42.0 Å². The topological polar surface area (TPSA) is 67.3 Å². The van der Waals surface area contributed by atoms with Crippen molar-refractivity contribution in [3.05, 3.63) is 59.2 Å². The molecule has 7 heteroatoms. The number of rotatable bonds is 6. The van der Waals surface area contributed by atoms with Crippen molar-refractivity contribution in [2.75, 3.05) is 7.11 Å². The van der Waals surface area contributed by atoms with Crippen molar-refractivity contribution in [1.82, 2.24) is 20.2 Å². The number of fused-ring (bicyclic) bond motifs is 2. The summed E-state index contributed by atoms with van der Waals surface area (Å²) in [5.74, 6) is 7.19. The fourth-order valence-electron chi connectivity index (χ4n) is 5.27. The summed E-state index contributed by atoms with van der Waals surface area (Å²) in [6.07, 6.45) is 9.88. The summed E-state index contributed by atoms with van der Waals surface area (Å²) in [6.45, 7) is 4.61. The summed E-state index contributed by atoms with van der Waals surface area (Å²) in [5, 5.41) is 3.97. The van der Waals surface area contributed by atoms with Gasteiger partial charge in [0.15, 0.2) is 10.7 Å². The quantitative estimate of drug-likeness (QED) is 0.508. The van der Waals surface area contributed by atoms with Crippen molar-refractivity contribution >= 4 is 23.2 Å². The number of thiocarbonyl (C=S) groups is 1. The zero-order valence-corrected chi connectivity index (χ0v) is 20.7. The van der Waals surface area contributed by atoms with E-state index in [1.165, 1.54) is 24.7 Å². The first kappa shape index (κ1) is 22.9. The van der Waals surface area contributed by atoms with Crippen molar-refractivity contribution in [1.29, 1.82) is 0 Å². The Hall–Kier alpha value is -2.82. The van der Waals surface area contributed by atoms with Gasteiger partial charge in [-0.25, -0.2) is 9.97 Å². The van der Waals surface area contributed by atoms with Crippen molar-refractivity contribution in [3.63, 3.8) is 0 Å². The molecule has 0 radical (unpaired) electrons. The Kier molecular flexibility index (Phi) is 5.91. The van der Waals surface area contributed by atoms with E-state index in [4.69, 9.17) is 17.0 Å². The van der Waals surface area contributed by atoms with E-state index in [2.05, 4.69) is 59.2 Å². The van der Waals surface area contributed by atoms with Crippen LogP contribution >= 0.6 is 12.2 Å². The Morgan fingerprint density at radius 1 is 1.32 bits per heavy atom. The van der Waals surface area contributed by atoms with Crippen LogP contribution in [0.15, 0.2) is 36.9 Å². The van der Waals surface area contributed by atoms with Crippen LogP contribution in [0.1, 0.15) is 61.8 Å². The average Bonchev–Trinajstić information content (AvgIpc) is 3.60. The fraction of sp³-hybridized carbons (Fsp3) is 0.481. The predicted molar refractivity (Wildman–Crippen MR) is 134 cm³/mol. The number of carbonyl (C=O) groups excluding carboxylic acids is 1. The molecule has 2 fully saturated rings. The number of hydrogen-bond acceptors (Lipinski definition) is 5. The molecule has 1 saturated carbocycles. The normalized spacial score (nSPS) is 26.3. The highest BCUT2D eigenvalue weighted by molar-refractivity contribution is 7.80. The van der Waals surface area contributed by atoms with E-state index in [1.54, 1.807) is 24.4 Å². The van der Waals surface area contributed by atoms with Gasteiger partial charge < -0.3 is 10.1 Å². The molecule has 1 N–H and O–H groups in total. The second-order valence-electron chi connectivity index (χ2n) is 10.1. The maximum Gasteiger partial charge on any atom is 0.260 e. The summed E-state index contributed by atoms with van der Waals surface area (Å²) < 4.78 is 5.54. The third-order valence-electron chi connectivity index (χ3n) is 7.56. The molecule has 1 spiro atoms. The minimum atomic E-state index is -0.931. The smallest absolute Gasteiger partial charge is 0.260 e. The largest absolute Gasteiger partial charge is 0.382 e. The Bertz CT molecular complexity index is 1190. The van der Waals surface area contributed by atoms with E-state index in [0.717, 1.165) is 36.0 Å². The molecule has 3 aliphatic rings. The number of aromatic nitrogens is 2. The Morgan fingerprint density at radius 3 is 2.79 bits per heavy atom. The van der Waals surface area contributed by atoms with Gasteiger partial charge in [-0.15, -0.1) is 0 Å². The number of amides is 1. The third-order valence-corrected chi connectivity index (χ3v) is 7.89. The van der Waals surface area contributed by atoms with Crippen LogP contribution in [0.4, 0.5) is 0 Å². The SMILES string of the molecule is COC(C)CCC1(C)Cc2ccc(C#CC3CC3)cc2C12NC(=S)N(Cc1cncnc1)C2=O. The van der Waals surface area contributed by atoms with Gasteiger partial charge in [0.2, 0.25) is 0 Å². The van der Waals surface area contributed by atoms with Crippen LogP contribution in [0.2, 0.25) is 0 Å². The molecule has 2 aliphatic carbocycles. The summed E-state index contributed by atoms with van der Waals surface area (Å²) in [5.41, 5.74) is 2.68. The van der Waals surface area contributed by atoms with E-state index in [1.807, 2.05) is 0 Å². The van der Waals surface area contributed by atoms with Gasteiger partial charge in [-0.3, -0.25) is 9.69 Å². The highest BCUT2D eigenvalue weighted by Gasteiger charge is 2.64. The molecular weight excluding hydrogens is 444 g/mol. The second kappa shape index (κ2) is 8.75. The molecule has 6 nitrogen and oxygen atoms in total. The molecule has 2 aromatic rings. The molecule has 0 bridgehead atoms. The van der Waals surface area contributed by atoms with Crippen molar-refractivity contribution in [2.45, 2.75) is 64.1 Å². The summed E-state index contributed by atoms with van der Waals surface area (Å²) >= 11 is 5.74. The van der Waals surface area contributed by atoms with Crippen molar-refractivity contribution in [2.24, 2.45) is 11.3 Å². The van der Waals surface area contributed by atoms with Crippen LogP contribution in [0.5, 0.6) is 0 Å². The van der Waals surface area contributed by atoms with Crippen molar-refractivity contribution < 1.29 is 9.53 Å². The first-order chi connectivity index (χ1) is 16.4. The minimum absolute atomic E-state index is 0.0139. The minimum Gasteiger partial charge on any atom is -0.382 e. The Labute approximate surface area is 206 Å². The fourth-order valence-corrected chi connectivity index (χ4v) is 5.57. The second-order valence-corrected chi connectivity index (χ2v) is 10.4. The van der Waals surface area contributed by atoms with E-state index >= 15 is 0 Å². The lowest BCUT2D eigenvalue weighted by molar-refractivity contribution is -0.136. The number of hydrogen-bond donors (Lipinski definition) is 1. The maximum atomic E-state index is 14.3. The summed E-state index contributed by atoms with van der Waals surface area (Å²) in [7, 11) is 1.73. The molecule has 3 unspecified atom stereocenters. The van der Waals surface area contributed by atoms with E-state index in [-0.39, 0.29) is 17.4 Å². The molecule has 176 valence electrons. The molecule has 3 atom stereocenters. The molecule has 5 rings (SSSR count). The molecule has 1 aliphatic heterocycles. The van der Waals surface area contributed by atoms with Crippen LogP contribution in [0.25, 0.3) is 0 Å². The lowest BCUT2D eigenvalue weighted by atomic mass is 9.68. The first-order valence-electron chi connectivity index (χ1n) is 11.9. The lowest BCUT2D eigenvalue weighted by Gasteiger charge is -2.40. The Morgan fingerprint density at radius 2 is 2.09 bits per heavy atom. The summed E-state index contributed by atoms with van der Waals surface area (Å²) in [4.78, 5) is 24.2. The van der Waals surface area contributed by atoms with Crippen LogP contribution < -0.4 is 5.32 Å². The highest BCUT2D eigenvalue weighted by atomic mass is 32.1. The third kappa shape index (κ3) is 3.89. The van der Waals surface area contributed by atoms with E-state index in [9.17, 15) is 4.79 Å². The molecule has 1 amide bonds. The number of carbonyl (C=O) groups is 1. The number of ether oxygens (including phenoxy) is 1. The zero-order valence-electron chi connectivity index (χ0n) is 19.9. The number of nitrogens with zero attached hydrogens (tertiary/aromatic N) is 3. The Balaban J connectivity index is 1.56. The van der Waals surface area contributed by atoms with Gasteiger partial charge in [0.1, 0.15) is 6.33 Å². The van der Waals surface area contributed by atoms with Gasteiger partial charge >= 0.3 is 0 Å². The van der Waals surface area contributed by atoms with Gasteiger partial charge in [-0.1, -0.05) is 24.8 Å². The number of methoxy groups -OCH3 is 1. The van der Waals surface area contributed by atoms with Gasteiger partial charge in [0.25, 0.3) is 5.91 Å². The lowest BCUT2D eigenvalue weighted by Crippen LogP contribution is -2.54. The molecule has 2 heterocycles. The van der Waals surface area contributed by atoms with Crippen molar-refractivity contribution in [3.8, 4) is 11.8 Å². The van der Waals surface area contributed by atoms with Gasteiger partial charge in [0.05, 0.1) is 12.6 Å². The summed E-state index contributed by atoms with van der Waals surface area (Å²) in [6, 6.07) is 6.34. The van der Waals surface area contributed by atoms with Crippen LogP contribution in [0, 0.1) is 23.2 Å². The molecule has 1 aromatic heterocycles. The number of nitrogens with one attached hydrogen (secondary N) is 1. The average molecular weight is 475 g/mol. The zero-order chi connectivity index (χ0) is 23.9. The van der Waals surface area contributed by atoms with Crippen LogP contribution in [0.3, 0.4) is 0 Å². The predicted octanol–water partition coefficient (Wildman–Crippen LogP) is 3.73. The molecular formula is C27H30N4O2S. The van der Waals surface area contributed by atoms with Crippen LogP contribution in [-0.2, 0) is 28.0 Å². The number of benzene rings is 1.